The normalized spacial score (nSPS) is 10.3. The molecule has 3 nitrogen and oxygen atoms in total. The van der Waals surface area contributed by atoms with Crippen LogP contribution in [0.25, 0.3) is 0 Å². The number of rotatable bonds is 5. The van der Waals surface area contributed by atoms with Gasteiger partial charge in [-0.15, -0.1) is 0 Å². The first kappa shape index (κ1) is 14.7. The third-order valence-corrected chi connectivity index (χ3v) is 3.07. The molecular formula is C15H15BrFNO2. The van der Waals surface area contributed by atoms with Crippen molar-refractivity contribution in [2.75, 3.05) is 12.3 Å². The number of ether oxygens (including phenoxy) is 2. The van der Waals surface area contributed by atoms with Crippen LogP contribution in [0.4, 0.5) is 10.1 Å². The van der Waals surface area contributed by atoms with Gasteiger partial charge in [0.05, 0.1) is 6.61 Å². The van der Waals surface area contributed by atoms with E-state index < -0.39 is 0 Å². The molecule has 20 heavy (non-hydrogen) atoms. The summed E-state index contributed by atoms with van der Waals surface area (Å²) in [4.78, 5) is 0. The highest BCUT2D eigenvalue weighted by atomic mass is 79.9. The van der Waals surface area contributed by atoms with Gasteiger partial charge in [0.1, 0.15) is 23.9 Å². The van der Waals surface area contributed by atoms with E-state index in [1.54, 1.807) is 24.3 Å². The summed E-state index contributed by atoms with van der Waals surface area (Å²) in [5.74, 6) is 0.811. The average Bonchev–Trinajstić information content (AvgIpc) is 2.38. The van der Waals surface area contributed by atoms with Gasteiger partial charge in [-0.2, -0.15) is 0 Å². The van der Waals surface area contributed by atoms with E-state index in [1.165, 1.54) is 12.1 Å². The third-order valence-electron chi connectivity index (χ3n) is 2.61. The Morgan fingerprint density at radius 2 is 1.95 bits per heavy atom. The molecule has 0 aliphatic rings. The van der Waals surface area contributed by atoms with E-state index in [4.69, 9.17) is 15.2 Å². The molecule has 0 bridgehead atoms. The molecule has 0 fully saturated rings. The van der Waals surface area contributed by atoms with Crippen molar-refractivity contribution in [3.05, 3.63) is 52.3 Å². The van der Waals surface area contributed by atoms with Gasteiger partial charge in [-0.1, -0.05) is 15.9 Å². The fourth-order valence-electron chi connectivity index (χ4n) is 1.78. The van der Waals surface area contributed by atoms with E-state index >= 15 is 0 Å². The van der Waals surface area contributed by atoms with Crippen LogP contribution in [-0.2, 0) is 6.61 Å². The van der Waals surface area contributed by atoms with Crippen LogP contribution in [0.1, 0.15) is 12.5 Å². The smallest absolute Gasteiger partial charge is 0.128 e. The zero-order chi connectivity index (χ0) is 14.5. The van der Waals surface area contributed by atoms with Gasteiger partial charge in [0.2, 0.25) is 0 Å². The summed E-state index contributed by atoms with van der Waals surface area (Å²) in [6.45, 7) is 2.73. The Kier molecular flexibility index (Phi) is 4.84. The second-order valence-electron chi connectivity index (χ2n) is 4.19. The first-order valence-electron chi connectivity index (χ1n) is 6.18. The molecule has 0 saturated heterocycles. The molecule has 106 valence electrons. The second kappa shape index (κ2) is 6.61. The predicted octanol–water partition coefficient (Wildman–Crippen LogP) is 4.15. The minimum absolute atomic E-state index is 0.260. The molecule has 0 atom stereocenters. The molecule has 0 aromatic heterocycles. The highest BCUT2D eigenvalue weighted by Crippen LogP contribution is 2.25. The van der Waals surface area contributed by atoms with Crippen LogP contribution >= 0.6 is 15.9 Å². The maximum absolute atomic E-state index is 13.3. The van der Waals surface area contributed by atoms with Crippen LogP contribution in [0.15, 0.2) is 40.9 Å². The van der Waals surface area contributed by atoms with E-state index in [-0.39, 0.29) is 12.4 Å². The Hall–Kier alpha value is -1.75. The first-order chi connectivity index (χ1) is 9.58. The third kappa shape index (κ3) is 3.87. The van der Waals surface area contributed by atoms with Gasteiger partial charge in [-0.25, -0.2) is 4.39 Å². The standard InChI is InChI=1S/C15H15BrFNO2/c1-2-19-15-4-3-13(18)5-10(15)9-20-14-7-11(16)6-12(17)8-14/h3-8H,2,9,18H2,1H3. The van der Waals surface area contributed by atoms with Crippen molar-refractivity contribution >= 4 is 21.6 Å². The number of benzene rings is 2. The molecule has 0 spiro atoms. The fraction of sp³-hybridized carbons (Fsp3) is 0.200. The van der Waals surface area contributed by atoms with Crippen molar-refractivity contribution in [3.8, 4) is 11.5 Å². The topological polar surface area (TPSA) is 44.5 Å². The quantitative estimate of drug-likeness (QED) is 0.832. The maximum Gasteiger partial charge on any atom is 0.128 e. The minimum atomic E-state index is -0.355. The van der Waals surface area contributed by atoms with Crippen molar-refractivity contribution in [1.82, 2.24) is 0 Å². The molecule has 0 aliphatic carbocycles. The molecule has 0 saturated carbocycles. The molecule has 5 heteroatoms. The highest BCUT2D eigenvalue weighted by Gasteiger charge is 2.06. The van der Waals surface area contributed by atoms with Gasteiger partial charge in [-0.3, -0.25) is 0 Å². The van der Waals surface area contributed by atoms with E-state index in [0.29, 0.717) is 22.5 Å². The largest absolute Gasteiger partial charge is 0.493 e. The van der Waals surface area contributed by atoms with Crippen LogP contribution in [0.2, 0.25) is 0 Å². The maximum atomic E-state index is 13.3. The van der Waals surface area contributed by atoms with Crippen molar-refractivity contribution in [3.63, 3.8) is 0 Å². The molecule has 2 aromatic rings. The summed E-state index contributed by atoms with van der Waals surface area (Å²) < 4.78 is 25.0. The van der Waals surface area contributed by atoms with Crippen LogP contribution in [0, 0.1) is 5.82 Å². The number of nitrogens with two attached hydrogens (primary N) is 1. The summed E-state index contributed by atoms with van der Waals surface area (Å²) in [6.07, 6.45) is 0. The van der Waals surface area contributed by atoms with Crippen LogP contribution < -0.4 is 15.2 Å². The van der Waals surface area contributed by atoms with Gasteiger partial charge in [0, 0.05) is 21.8 Å². The Bertz CT molecular complexity index is 584. The Morgan fingerprint density at radius 1 is 1.15 bits per heavy atom. The van der Waals surface area contributed by atoms with E-state index in [2.05, 4.69) is 15.9 Å². The zero-order valence-electron chi connectivity index (χ0n) is 11.0. The predicted molar refractivity (Wildman–Crippen MR) is 80.5 cm³/mol. The van der Waals surface area contributed by atoms with Crippen LogP contribution in [0.5, 0.6) is 11.5 Å². The summed E-state index contributed by atoms with van der Waals surface area (Å²) in [5.41, 5.74) is 7.22. The van der Waals surface area contributed by atoms with E-state index in [9.17, 15) is 4.39 Å². The lowest BCUT2D eigenvalue weighted by molar-refractivity contribution is 0.285. The fourth-order valence-corrected chi connectivity index (χ4v) is 2.23. The van der Waals surface area contributed by atoms with Gasteiger partial charge in [-0.05, 0) is 37.3 Å². The monoisotopic (exact) mass is 339 g/mol. The molecule has 2 rings (SSSR count). The summed E-state index contributed by atoms with van der Waals surface area (Å²) in [7, 11) is 0. The Labute approximate surface area is 125 Å². The average molecular weight is 340 g/mol. The van der Waals surface area contributed by atoms with Crippen molar-refractivity contribution < 1.29 is 13.9 Å². The van der Waals surface area contributed by atoms with Crippen molar-refractivity contribution in [1.29, 1.82) is 0 Å². The first-order valence-corrected chi connectivity index (χ1v) is 6.98. The van der Waals surface area contributed by atoms with Gasteiger partial charge < -0.3 is 15.2 Å². The molecular weight excluding hydrogens is 325 g/mol. The number of hydrogen-bond donors (Lipinski definition) is 1. The van der Waals surface area contributed by atoms with Crippen LogP contribution in [0.3, 0.4) is 0 Å². The van der Waals surface area contributed by atoms with Crippen molar-refractivity contribution in [2.24, 2.45) is 0 Å². The number of nitrogen functional groups attached to an aromatic ring is 1. The zero-order valence-corrected chi connectivity index (χ0v) is 12.6. The SMILES string of the molecule is CCOc1ccc(N)cc1COc1cc(F)cc(Br)c1. The lowest BCUT2D eigenvalue weighted by Gasteiger charge is -2.12. The number of halogens is 2. The van der Waals surface area contributed by atoms with E-state index in [0.717, 1.165) is 11.3 Å². The van der Waals surface area contributed by atoms with Gasteiger partial charge in [0.15, 0.2) is 0 Å². The lowest BCUT2D eigenvalue weighted by Crippen LogP contribution is -2.02. The second-order valence-corrected chi connectivity index (χ2v) is 5.11. The highest BCUT2D eigenvalue weighted by molar-refractivity contribution is 9.10. The van der Waals surface area contributed by atoms with Crippen LogP contribution in [-0.4, -0.2) is 6.61 Å². The Morgan fingerprint density at radius 3 is 2.65 bits per heavy atom. The molecule has 0 amide bonds. The molecule has 0 aliphatic heterocycles. The summed E-state index contributed by atoms with van der Waals surface area (Å²) in [5, 5.41) is 0. The Balaban J connectivity index is 2.15. The molecule has 0 unspecified atom stereocenters. The van der Waals surface area contributed by atoms with Gasteiger partial charge >= 0.3 is 0 Å². The lowest BCUT2D eigenvalue weighted by atomic mass is 10.2. The number of anilines is 1. The summed E-state index contributed by atoms with van der Waals surface area (Å²) in [6, 6.07) is 9.78. The van der Waals surface area contributed by atoms with Gasteiger partial charge in [0.25, 0.3) is 0 Å². The van der Waals surface area contributed by atoms with Crippen molar-refractivity contribution in [2.45, 2.75) is 13.5 Å². The molecule has 0 radical (unpaired) electrons. The molecule has 2 aromatic carbocycles. The molecule has 2 N–H and O–H groups in total. The van der Waals surface area contributed by atoms with E-state index in [1.807, 2.05) is 6.92 Å². The number of hydrogen-bond acceptors (Lipinski definition) is 3. The molecule has 0 heterocycles. The summed E-state index contributed by atoms with van der Waals surface area (Å²) >= 11 is 3.23. The minimum Gasteiger partial charge on any atom is -0.493 e.